The summed E-state index contributed by atoms with van der Waals surface area (Å²) >= 11 is 0. The van der Waals surface area contributed by atoms with Crippen molar-refractivity contribution in [2.45, 2.75) is 40.5 Å². The normalized spacial score (nSPS) is 11.9. The van der Waals surface area contributed by atoms with Crippen LogP contribution >= 0.6 is 8.20 Å². The Hall–Kier alpha value is -1.83. The number of benzene rings is 2. The maximum Gasteiger partial charge on any atom is 0.134 e. The van der Waals surface area contributed by atoms with Crippen LogP contribution in [-0.2, 0) is 0 Å². The van der Waals surface area contributed by atoms with Crippen LogP contribution in [-0.4, -0.2) is 18.7 Å². The van der Waals surface area contributed by atoms with Crippen molar-refractivity contribution in [1.29, 1.82) is 0 Å². The fraction of sp³-hybridized carbons (Fsp3) is 0.435. The van der Waals surface area contributed by atoms with E-state index >= 15 is 0 Å². The summed E-state index contributed by atoms with van der Waals surface area (Å²) in [4.78, 5) is 0. The average Bonchev–Trinajstić information content (AvgIpc) is 2.63. The van der Waals surface area contributed by atoms with Crippen molar-refractivity contribution in [3.63, 3.8) is 0 Å². The van der Waals surface area contributed by atoms with Gasteiger partial charge in [0.2, 0.25) is 0 Å². The molecule has 4 heteroatoms. The molecule has 0 saturated carbocycles. The van der Waals surface area contributed by atoms with E-state index in [4.69, 9.17) is 9.47 Å². The fourth-order valence-corrected chi connectivity index (χ4v) is 3.25. The van der Waals surface area contributed by atoms with Crippen molar-refractivity contribution in [2.24, 2.45) is 11.8 Å². The lowest BCUT2D eigenvalue weighted by Gasteiger charge is -2.16. The Labute approximate surface area is 165 Å². The van der Waals surface area contributed by atoms with Crippen LogP contribution in [0.1, 0.15) is 46.1 Å². The fourth-order valence-electron chi connectivity index (χ4n) is 2.36. The Morgan fingerprint density at radius 1 is 0.889 bits per heavy atom. The highest BCUT2D eigenvalue weighted by Crippen LogP contribution is 2.23. The second-order valence-corrected chi connectivity index (χ2v) is 8.59. The summed E-state index contributed by atoms with van der Waals surface area (Å²) < 4.78 is 11.9. The number of hydrogen-bond donors (Lipinski definition) is 0. The Kier molecular flexibility index (Phi) is 8.84. The summed E-state index contributed by atoms with van der Waals surface area (Å²) in [5.74, 6) is 2.71. The predicted octanol–water partition coefficient (Wildman–Crippen LogP) is 4.65. The monoisotopic (exact) mass is 385 g/mol. The number of rotatable bonds is 10. The van der Waals surface area contributed by atoms with Gasteiger partial charge in [-0.1, -0.05) is 66.2 Å². The van der Waals surface area contributed by atoms with E-state index in [-0.39, 0.29) is 5.48 Å². The van der Waals surface area contributed by atoms with Gasteiger partial charge < -0.3 is 14.6 Å². The second-order valence-electron chi connectivity index (χ2n) is 7.47. The smallest absolute Gasteiger partial charge is 0.134 e. The topological polar surface area (TPSA) is 41.5 Å². The molecule has 0 bridgehead atoms. The summed E-state index contributed by atoms with van der Waals surface area (Å²) in [5.41, 5.74) is 0.780. The first-order valence-electron chi connectivity index (χ1n) is 9.66. The first-order valence-corrected chi connectivity index (χ1v) is 10.6. The van der Waals surface area contributed by atoms with Crippen molar-refractivity contribution in [3.05, 3.63) is 54.1 Å². The van der Waals surface area contributed by atoms with Crippen LogP contribution in [0.4, 0.5) is 0 Å². The Morgan fingerprint density at radius 2 is 1.52 bits per heavy atom. The molecule has 0 radical (unpaired) electrons. The van der Waals surface area contributed by atoms with Crippen molar-refractivity contribution < 1.29 is 14.6 Å². The lowest BCUT2D eigenvalue weighted by atomic mass is 10.1. The van der Waals surface area contributed by atoms with Crippen LogP contribution in [0.5, 0.6) is 11.5 Å². The van der Waals surface area contributed by atoms with Crippen molar-refractivity contribution in [1.82, 2.24) is 0 Å². The third-order valence-electron chi connectivity index (χ3n) is 4.09. The second kappa shape index (κ2) is 11.1. The molecule has 0 heterocycles. The molecular weight excluding hydrogens is 355 g/mol. The highest BCUT2D eigenvalue weighted by Gasteiger charge is 2.07. The number of ether oxygens (including phenoxy) is 2. The molecule has 0 atom stereocenters. The van der Waals surface area contributed by atoms with Gasteiger partial charge in [-0.2, -0.15) is 0 Å². The zero-order valence-corrected chi connectivity index (χ0v) is 17.7. The molecule has 3 nitrogen and oxygen atoms in total. The van der Waals surface area contributed by atoms with Crippen molar-refractivity contribution in [2.75, 3.05) is 13.2 Å². The van der Waals surface area contributed by atoms with Crippen LogP contribution in [0.15, 0.2) is 48.5 Å². The van der Waals surface area contributed by atoms with Gasteiger partial charge in [0, 0.05) is 11.4 Å². The first-order chi connectivity index (χ1) is 13.0. The van der Waals surface area contributed by atoms with Crippen LogP contribution in [0, 0.1) is 11.8 Å². The van der Waals surface area contributed by atoms with Gasteiger partial charge in [-0.05, 0) is 42.4 Å². The molecule has 0 unspecified atom stereocenters. The highest BCUT2D eigenvalue weighted by molar-refractivity contribution is 7.49. The predicted molar refractivity (Wildman–Crippen MR) is 113 cm³/mol. The maximum absolute atomic E-state index is 12.6. The van der Waals surface area contributed by atoms with E-state index in [0.717, 1.165) is 29.6 Å². The molecule has 0 N–H and O–H groups in total. The molecule has 27 heavy (non-hydrogen) atoms. The molecule has 0 aliphatic heterocycles. The molecule has 0 spiro atoms. The van der Waals surface area contributed by atoms with Crippen LogP contribution in [0.25, 0.3) is 0 Å². The van der Waals surface area contributed by atoms with Gasteiger partial charge in [0.15, 0.2) is 0 Å². The average molecular weight is 385 g/mol. The summed E-state index contributed by atoms with van der Waals surface area (Å²) in [6, 6.07) is 15.2. The molecule has 0 aliphatic rings. The molecule has 0 saturated heterocycles. The van der Waals surface area contributed by atoms with E-state index in [2.05, 4.69) is 27.7 Å². The molecule has 2 rings (SSSR count). The molecule has 0 aromatic heterocycles. The summed E-state index contributed by atoms with van der Waals surface area (Å²) in [7, 11) is 0.618. The minimum atomic E-state index is 0.0674. The van der Waals surface area contributed by atoms with Crippen molar-refractivity contribution >= 4 is 19.0 Å². The largest absolute Gasteiger partial charge is 0.823 e. The van der Waals surface area contributed by atoms with Gasteiger partial charge in [-0.15, -0.1) is 5.48 Å². The van der Waals surface area contributed by atoms with Gasteiger partial charge in [0.05, 0.1) is 13.2 Å². The van der Waals surface area contributed by atoms with Crippen LogP contribution in [0.2, 0.25) is 0 Å². The van der Waals surface area contributed by atoms with Crippen molar-refractivity contribution in [3.8, 4) is 11.5 Å². The maximum atomic E-state index is 12.6. The van der Waals surface area contributed by atoms with Gasteiger partial charge >= 0.3 is 0 Å². The van der Waals surface area contributed by atoms with E-state index in [0.29, 0.717) is 38.8 Å². The Bertz CT molecular complexity index is 724. The summed E-state index contributed by atoms with van der Waals surface area (Å²) in [6.07, 6.45) is 1.98. The van der Waals surface area contributed by atoms with Gasteiger partial charge in [-0.25, -0.2) is 0 Å². The van der Waals surface area contributed by atoms with Gasteiger partial charge in [0.25, 0.3) is 0 Å². The molecule has 0 aliphatic carbocycles. The van der Waals surface area contributed by atoms with E-state index < -0.39 is 0 Å². The quantitative estimate of drug-likeness (QED) is 0.559. The van der Waals surface area contributed by atoms with E-state index in [1.807, 2.05) is 48.5 Å². The van der Waals surface area contributed by atoms with Crippen LogP contribution in [0.3, 0.4) is 0 Å². The van der Waals surface area contributed by atoms with E-state index in [9.17, 15) is 5.11 Å². The zero-order chi connectivity index (χ0) is 19.6. The molecule has 0 amide bonds. The summed E-state index contributed by atoms with van der Waals surface area (Å²) in [6.45, 7) is 10.0. The first kappa shape index (κ1) is 21.5. The summed E-state index contributed by atoms with van der Waals surface area (Å²) in [5, 5.41) is 13.5. The third-order valence-corrected chi connectivity index (χ3v) is 5.16. The molecule has 2 aromatic rings. The number of hydrogen-bond acceptors (Lipinski definition) is 3. The Morgan fingerprint density at radius 3 is 2.15 bits per heavy atom. The van der Waals surface area contributed by atoms with Gasteiger partial charge in [-0.3, -0.25) is 0 Å². The SMILES string of the molecule is CC(C)CCOc1ccc(P=C([O-])c2ccccc2)c(OCCC(C)C)c1. The molecular formula is C23H30O3P-. The minimum absolute atomic E-state index is 0.0674. The van der Waals surface area contributed by atoms with Gasteiger partial charge in [0.1, 0.15) is 11.5 Å². The van der Waals surface area contributed by atoms with E-state index in [1.165, 1.54) is 0 Å². The third kappa shape index (κ3) is 7.74. The Balaban J connectivity index is 2.20. The zero-order valence-electron chi connectivity index (χ0n) is 16.8. The highest BCUT2D eigenvalue weighted by atomic mass is 31.1. The molecule has 0 fully saturated rings. The standard InChI is InChI=1S/C23H31O3P/c1-17(2)12-14-25-20-10-11-22(21(16-20)26-15-13-18(3)4)27-23(24)19-8-6-5-7-9-19/h5-11,16-18,24H,12-15H2,1-4H3/p-1. The minimum Gasteiger partial charge on any atom is -0.823 e. The van der Waals surface area contributed by atoms with E-state index in [1.54, 1.807) is 0 Å². The van der Waals surface area contributed by atoms with Crippen LogP contribution < -0.4 is 19.9 Å². The lowest BCUT2D eigenvalue weighted by molar-refractivity contribution is -0.207. The molecule has 2 aromatic carbocycles. The lowest BCUT2D eigenvalue weighted by Crippen LogP contribution is -2.18. The molecule has 146 valence electrons.